The molecule has 0 saturated carbocycles. The van der Waals surface area contributed by atoms with Gasteiger partial charge in [-0.25, -0.2) is 4.39 Å². The van der Waals surface area contributed by atoms with Gasteiger partial charge in [0.2, 0.25) is 0 Å². The fraction of sp³-hybridized carbons (Fsp3) is 0.571. The van der Waals surface area contributed by atoms with Crippen LogP contribution < -0.4 is 5.73 Å². The summed E-state index contributed by atoms with van der Waals surface area (Å²) >= 11 is 3.17. The Morgan fingerprint density at radius 2 is 2.06 bits per heavy atom. The Hall–Kier alpha value is -0.450. The second-order valence-electron chi connectivity index (χ2n) is 5.20. The lowest BCUT2D eigenvalue weighted by molar-refractivity contribution is 0.100. The summed E-state index contributed by atoms with van der Waals surface area (Å²) in [5, 5.41) is 0. The third-order valence-electron chi connectivity index (χ3n) is 3.84. The van der Waals surface area contributed by atoms with E-state index in [2.05, 4.69) is 41.6 Å². The molecule has 0 aliphatic heterocycles. The summed E-state index contributed by atoms with van der Waals surface area (Å²) in [4.78, 5) is 2.22. The van der Waals surface area contributed by atoms with Crippen LogP contribution in [0.15, 0.2) is 22.7 Å². The van der Waals surface area contributed by atoms with Gasteiger partial charge in [-0.1, -0.05) is 13.0 Å². The minimum Gasteiger partial charge on any atom is -0.329 e. The molecule has 4 heteroatoms. The average Bonchev–Trinajstić information content (AvgIpc) is 2.34. The predicted octanol–water partition coefficient (Wildman–Crippen LogP) is 3.71. The maximum Gasteiger partial charge on any atom is 0.137 e. The third-order valence-corrected chi connectivity index (χ3v) is 4.48. The maximum absolute atomic E-state index is 13.6. The minimum absolute atomic E-state index is 0.0301. The summed E-state index contributed by atoms with van der Waals surface area (Å²) in [6, 6.07) is 5.25. The van der Waals surface area contributed by atoms with E-state index in [0.717, 1.165) is 12.0 Å². The molecule has 18 heavy (non-hydrogen) atoms. The van der Waals surface area contributed by atoms with Crippen molar-refractivity contribution < 1.29 is 4.39 Å². The minimum atomic E-state index is -0.242. The predicted molar refractivity (Wildman–Crippen MR) is 78.0 cm³/mol. The quantitative estimate of drug-likeness (QED) is 0.897. The molecule has 0 heterocycles. The van der Waals surface area contributed by atoms with Crippen LogP contribution in [0.5, 0.6) is 0 Å². The molecule has 1 atom stereocenters. The van der Waals surface area contributed by atoms with Crippen LogP contribution in [-0.4, -0.2) is 24.0 Å². The first-order valence-electron chi connectivity index (χ1n) is 6.21. The molecule has 0 radical (unpaired) electrons. The summed E-state index contributed by atoms with van der Waals surface area (Å²) in [5.74, 6) is -0.242. The zero-order chi connectivity index (χ0) is 13.9. The number of hydrogen-bond donors (Lipinski definition) is 1. The van der Waals surface area contributed by atoms with Gasteiger partial charge < -0.3 is 5.73 Å². The van der Waals surface area contributed by atoms with Crippen LogP contribution in [0.3, 0.4) is 0 Å². The molecule has 2 nitrogen and oxygen atoms in total. The Morgan fingerprint density at radius 1 is 1.44 bits per heavy atom. The van der Waals surface area contributed by atoms with Gasteiger partial charge in [0.25, 0.3) is 0 Å². The van der Waals surface area contributed by atoms with Gasteiger partial charge >= 0.3 is 0 Å². The zero-order valence-corrected chi connectivity index (χ0v) is 13.1. The lowest BCUT2D eigenvalue weighted by atomic mass is 9.95. The molecule has 0 aliphatic rings. The van der Waals surface area contributed by atoms with E-state index in [-0.39, 0.29) is 17.4 Å². The van der Waals surface area contributed by atoms with Crippen molar-refractivity contribution in [1.29, 1.82) is 0 Å². The molecule has 0 aliphatic carbocycles. The molecular formula is C14H22BrFN2. The number of likely N-dealkylation sites (N-methyl/N-ethyl adjacent to an activating group) is 1. The molecular weight excluding hydrogens is 295 g/mol. The van der Waals surface area contributed by atoms with E-state index in [9.17, 15) is 4.39 Å². The second-order valence-corrected chi connectivity index (χ2v) is 6.06. The molecule has 0 fully saturated rings. The molecule has 102 valence electrons. The summed E-state index contributed by atoms with van der Waals surface area (Å²) in [6.07, 6.45) is 1.01. The number of benzene rings is 1. The van der Waals surface area contributed by atoms with E-state index in [0.29, 0.717) is 11.0 Å². The Balaban J connectivity index is 3.06. The van der Waals surface area contributed by atoms with Crippen LogP contribution in [0.1, 0.15) is 38.8 Å². The molecule has 0 spiro atoms. The molecule has 2 N–H and O–H groups in total. The highest BCUT2D eigenvalue weighted by molar-refractivity contribution is 9.10. The molecule has 0 bridgehead atoms. The Labute approximate surface area is 117 Å². The number of nitrogens with zero attached hydrogens (tertiary/aromatic N) is 1. The number of rotatable bonds is 5. The fourth-order valence-electron chi connectivity index (χ4n) is 1.91. The first-order valence-corrected chi connectivity index (χ1v) is 7.00. The number of hydrogen-bond acceptors (Lipinski definition) is 2. The molecule has 0 aromatic heterocycles. The summed E-state index contributed by atoms with van der Waals surface area (Å²) < 4.78 is 14.1. The van der Waals surface area contributed by atoms with Crippen LogP contribution in [0.2, 0.25) is 0 Å². The van der Waals surface area contributed by atoms with Gasteiger partial charge in [-0.15, -0.1) is 0 Å². The van der Waals surface area contributed by atoms with Gasteiger partial charge in [0, 0.05) is 18.1 Å². The Kier molecular flexibility index (Phi) is 5.32. The van der Waals surface area contributed by atoms with E-state index in [1.165, 1.54) is 0 Å². The Morgan fingerprint density at radius 3 is 2.50 bits per heavy atom. The monoisotopic (exact) mass is 316 g/mol. The lowest BCUT2D eigenvalue weighted by Crippen LogP contribution is -2.45. The normalized spacial score (nSPS) is 14.0. The second kappa shape index (κ2) is 6.13. The van der Waals surface area contributed by atoms with Crippen LogP contribution in [0.25, 0.3) is 0 Å². The van der Waals surface area contributed by atoms with Crippen LogP contribution in [-0.2, 0) is 0 Å². The van der Waals surface area contributed by atoms with Gasteiger partial charge in [0.15, 0.2) is 0 Å². The topological polar surface area (TPSA) is 29.3 Å². The van der Waals surface area contributed by atoms with Crippen LogP contribution in [0, 0.1) is 5.82 Å². The zero-order valence-electron chi connectivity index (χ0n) is 11.5. The average molecular weight is 317 g/mol. The summed E-state index contributed by atoms with van der Waals surface area (Å²) in [6.45, 7) is 6.96. The van der Waals surface area contributed by atoms with E-state index in [4.69, 9.17) is 5.73 Å². The highest BCUT2D eigenvalue weighted by atomic mass is 79.9. The fourth-order valence-corrected chi connectivity index (χ4v) is 2.16. The maximum atomic E-state index is 13.6. The molecule has 0 saturated heterocycles. The van der Waals surface area contributed by atoms with Crippen molar-refractivity contribution in [3.63, 3.8) is 0 Å². The van der Waals surface area contributed by atoms with Crippen molar-refractivity contribution >= 4 is 15.9 Å². The van der Waals surface area contributed by atoms with Gasteiger partial charge in [-0.05, 0) is 60.9 Å². The largest absolute Gasteiger partial charge is 0.329 e. The molecule has 1 aromatic rings. The van der Waals surface area contributed by atoms with Gasteiger partial charge in [-0.3, -0.25) is 4.90 Å². The third kappa shape index (κ3) is 3.31. The van der Waals surface area contributed by atoms with Crippen LogP contribution in [0.4, 0.5) is 4.39 Å². The standard InChI is InChI=1S/C14H22BrFN2/c1-5-14(2,3)18(4)13(9-17)10-6-7-11(15)12(16)8-10/h6-8,13H,5,9,17H2,1-4H3. The van der Waals surface area contributed by atoms with Crippen molar-refractivity contribution in [2.75, 3.05) is 13.6 Å². The van der Waals surface area contributed by atoms with E-state index in [1.807, 2.05) is 13.1 Å². The number of nitrogens with two attached hydrogens (primary N) is 1. The van der Waals surface area contributed by atoms with Crippen molar-refractivity contribution in [3.05, 3.63) is 34.1 Å². The highest BCUT2D eigenvalue weighted by Gasteiger charge is 2.28. The van der Waals surface area contributed by atoms with Crippen molar-refractivity contribution in [2.24, 2.45) is 5.73 Å². The van der Waals surface area contributed by atoms with Gasteiger partial charge in [-0.2, -0.15) is 0 Å². The summed E-state index contributed by atoms with van der Waals surface area (Å²) in [7, 11) is 2.04. The van der Waals surface area contributed by atoms with Crippen molar-refractivity contribution in [1.82, 2.24) is 4.90 Å². The van der Waals surface area contributed by atoms with Gasteiger partial charge in [0.1, 0.15) is 5.82 Å². The first-order chi connectivity index (χ1) is 8.33. The Bertz CT molecular complexity index is 407. The van der Waals surface area contributed by atoms with E-state index < -0.39 is 0 Å². The number of halogens is 2. The highest BCUT2D eigenvalue weighted by Crippen LogP contribution is 2.29. The lowest BCUT2D eigenvalue weighted by Gasteiger charge is -2.40. The van der Waals surface area contributed by atoms with Crippen molar-refractivity contribution in [2.45, 2.75) is 38.8 Å². The van der Waals surface area contributed by atoms with Gasteiger partial charge in [0.05, 0.1) is 4.47 Å². The molecule has 0 amide bonds. The van der Waals surface area contributed by atoms with Crippen molar-refractivity contribution in [3.8, 4) is 0 Å². The first kappa shape index (κ1) is 15.6. The smallest absolute Gasteiger partial charge is 0.137 e. The van der Waals surface area contributed by atoms with Crippen LogP contribution >= 0.6 is 15.9 Å². The molecule has 1 rings (SSSR count). The molecule has 1 aromatic carbocycles. The van der Waals surface area contributed by atoms with E-state index >= 15 is 0 Å². The SMILES string of the molecule is CCC(C)(C)N(C)C(CN)c1ccc(Br)c(F)c1. The summed E-state index contributed by atoms with van der Waals surface area (Å²) in [5.41, 5.74) is 6.82. The van der Waals surface area contributed by atoms with E-state index in [1.54, 1.807) is 12.1 Å². The molecule has 1 unspecified atom stereocenters.